The van der Waals surface area contributed by atoms with Crippen molar-refractivity contribution in [3.63, 3.8) is 0 Å². The molecule has 21 heavy (non-hydrogen) atoms. The number of aromatic amines is 2. The van der Waals surface area contributed by atoms with E-state index in [0.29, 0.717) is 5.89 Å². The summed E-state index contributed by atoms with van der Waals surface area (Å²) in [5.74, 6) is 1.28. The van der Waals surface area contributed by atoms with Crippen molar-refractivity contribution in [1.82, 2.24) is 20.1 Å². The summed E-state index contributed by atoms with van der Waals surface area (Å²) in [4.78, 5) is 21.0. The first-order valence-corrected chi connectivity index (χ1v) is 6.97. The molecule has 1 atom stereocenters. The zero-order valence-corrected chi connectivity index (χ0v) is 11.9. The Kier molecular flexibility index (Phi) is 3.47. The Morgan fingerprint density at radius 2 is 2.14 bits per heavy atom. The number of aryl methyl sites for hydroxylation is 1. The molecule has 0 aliphatic rings. The number of hydrogen-bond acceptors (Lipinski definition) is 5. The fourth-order valence-electron chi connectivity index (χ4n) is 2.20. The topological polar surface area (TPSA) is 99.6 Å². The van der Waals surface area contributed by atoms with Crippen LogP contribution in [0.2, 0.25) is 0 Å². The fourth-order valence-corrected chi connectivity index (χ4v) is 2.20. The zero-order chi connectivity index (χ0) is 14.8. The third-order valence-electron chi connectivity index (χ3n) is 3.23. The minimum absolute atomic E-state index is 0.105. The summed E-state index contributed by atoms with van der Waals surface area (Å²) >= 11 is 0. The lowest BCUT2D eigenvalue weighted by Gasteiger charge is -2.10. The lowest BCUT2D eigenvalue weighted by atomic mass is 10.2. The second-order valence-corrected chi connectivity index (χ2v) is 5.00. The molecule has 2 heterocycles. The lowest BCUT2D eigenvalue weighted by molar-refractivity contribution is 0.362. The summed E-state index contributed by atoms with van der Waals surface area (Å²) in [5, 5.41) is 7.23. The molecule has 0 aliphatic carbocycles. The van der Waals surface area contributed by atoms with Crippen LogP contribution in [-0.4, -0.2) is 20.1 Å². The predicted octanol–water partition coefficient (Wildman–Crippen LogP) is 2.36. The van der Waals surface area contributed by atoms with E-state index < -0.39 is 0 Å². The molecule has 7 heteroatoms. The Labute approximate surface area is 120 Å². The highest BCUT2D eigenvalue weighted by molar-refractivity contribution is 5.78. The highest BCUT2D eigenvalue weighted by atomic mass is 16.5. The van der Waals surface area contributed by atoms with Crippen LogP contribution in [0.25, 0.3) is 11.0 Å². The summed E-state index contributed by atoms with van der Waals surface area (Å²) in [7, 11) is 0. The van der Waals surface area contributed by atoms with Gasteiger partial charge in [0.2, 0.25) is 5.89 Å². The second-order valence-electron chi connectivity index (χ2n) is 5.00. The zero-order valence-electron chi connectivity index (χ0n) is 11.9. The van der Waals surface area contributed by atoms with Gasteiger partial charge in [-0.3, -0.25) is 0 Å². The normalized spacial score (nSPS) is 12.7. The largest absolute Gasteiger partial charge is 0.374 e. The minimum Gasteiger partial charge on any atom is -0.374 e. The molecular weight excluding hydrogens is 270 g/mol. The minimum atomic E-state index is -0.212. The van der Waals surface area contributed by atoms with Gasteiger partial charge in [0.15, 0.2) is 5.82 Å². The SMILES string of the molecule is CCCc1noc([C@@H](C)Nc2ccc3[nH]c(=O)[nH]c3c2)n1. The third-order valence-corrected chi connectivity index (χ3v) is 3.23. The molecule has 0 spiro atoms. The molecule has 3 rings (SSSR count). The number of aromatic nitrogens is 4. The maximum Gasteiger partial charge on any atom is 0.323 e. The van der Waals surface area contributed by atoms with Gasteiger partial charge >= 0.3 is 5.69 Å². The van der Waals surface area contributed by atoms with Crippen LogP contribution >= 0.6 is 0 Å². The number of H-pyrrole nitrogens is 2. The van der Waals surface area contributed by atoms with E-state index in [1.807, 2.05) is 25.1 Å². The average Bonchev–Trinajstić information content (AvgIpc) is 3.04. The number of rotatable bonds is 5. The Morgan fingerprint density at radius 1 is 1.33 bits per heavy atom. The smallest absolute Gasteiger partial charge is 0.323 e. The molecule has 0 radical (unpaired) electrons. The van der Waals surface area contributed by atoms with Crippen LogP contribution in [0.5, 0.6) is 0 Å². The molecule has 0 amide bonds. The molecule has 3 N–H and O–H groups in total. The summed E-state index contributed by atoms with van der Waals surface area (Å²) in [6.07, 6.45) is 1.80. The number of hydrogen-bond donors (Lipinski definition) is 3. The summed E-state index contributed by atoms with van der Waals surface area (Å²) in [5.41, 5.74) is 2.20. The number of benzene rings is 1. The van der Waals surface area contributed by atoms with Crippen LogP contribution < -0.4 is 11.0 Å². The molecule has 3 aromatic rings. The van der Waals surface area contributed by atoms with E-state index in [1.54, 1.807) is 0 Å². The van der Waals surface area contributed by atoms with Crippen molar-refractivity contribution in [1.29, 1.82) is 0 Å². The Morgan fingerprint density at radius 3 is 2.95 bits per heavy atom. The van der Waals surface area contributed by atoms with E-state index in [0.717, 1.165) is 35.4 Å². The van der Waals surface area contributed by atoms with E-state index in [4.69, 9.17) is 4.52 Å². The van der Waals surface area contributed by atoms with Crippen molar-refractivity contribution in [2.24, 2.45) is 0 Å². The van der Waals surface area contributed by atoms with Crippen molar-refractivity contribution in [2.45, 2.75) is 32.7 Å². The van der Waals surface area contributed by atoms with Gasteiger partial charge in [0, 0.05) is 12.1 Å². The van der Waals surface area contributed by atoms with Crippen LogP contribution in [0.15, 0.2) is 27.5 Å². The van der Waals surface area contributed by atoms with Crippen molar-refractivity contribution < 1.29 is 4.52 Å². The van der Waals surface area contributed by atoms with Crippen LogP contribution in [0, 0.1) is 0 Å². The fraction of sp³-hybridized carbons (Fsp3) is 0.357. The van der Waals surface area contributed by atoms with Gasteiger partial charge in [-0.25, -0.2) is 4.79 Å². The summed E-state index contributed by atoms with van der Waals surface area (Å²) in [6.45, 7) is 4.03. The van der Waals surface area contributed by atoms with E-state index in [2.05, 4.69) is 32.3 Å². The first-order chi connectivity index (χ1) is 10.2. The highest BCUT2D eigenvalue weighted by Crippen LogP contribution is 2.20. The molecule has 7 nitrogen and oxygen atoms in total. The molecule has 110 valence electrons. The van der Waals surface area contributed by atoms with E-state index in [-0.39, 0.29) is 11.7 Å². The molecule has 1 aromatic carbocycles. The molecule has 0 saturated carbocycles. The van der Waals surface area contributed by atoms with Gasteiger partial charge in [-0.1, -0.05) is 12.1 Å². The van der Waals surface area contributed by atoms with Gasteiger partial charge in [-0.2, -0.15) is 4.98 Å². The number of nitrogens with one attached hydrogen (secondary N) is 3. The molecule has 0 fully saturated rings. The van der Waals surface area contributed by atoms with Crippen molar-refractivity contribution in [3.8, 4) is 0 Å². The van der Waals surface area contributed by atoms with Crippen LogP contribution in [0.3, 0.4) is 0 Å². The first kappa shape index (κ1) is 13.4. The number of imidazole rings is 1. The molecule has 0 saturated heterocycles. The number of fused-ring (bicyclic) bond motifs is 1. The molecule has 0 aliphatic heterocycles. The van der Waals surface area contributed by atoms with Gasteiger partial charge < -0.3 is 19.8 Å². The molecular formula is C14H17N5O2. The van der Waals surface area contributed by atoms with E-state index in [9.17, 15) is 4.79 Å². The second kappa shape index (κ2) is 5.43. The van der Waals surface area contributed by atoms with Crippen molar-refractivity contribution in [3.05, 3.63) is 40.4 Å². The lowest BCUT2D eigenvalue weighted by Crippen LogP contribution is -2.07. The quantitative estimate of drug-likeness (QED) is 0.669. The molecule has 0 unspecified atom stereocenters. The van der Waals surface area contributed by atoms with Crippen LogP contribution in [-0.2, 0) is 6.42 Å². The van der Waals surface area contributed by atoms with Gasteiger partial charge in [-0.05, 0) is 31.5 Å². The third kappa shape index (κ3) is 2.81. The average molecular weight is 287 g/mol. The Balaban J connectivity index is 1.78. The van der Waals surface area contributed by atoms with Gasteiger partial charge in [0.1, 0.15) is 6.04 Å². The van der Waals surface area contributed by atoms with Crippen LogP contribution in [0.4, 0.5) is 5.69 Å². The molecule has 0 bridgehead atoms. The molecule has 2 aromatic heterocycles. The van der Waals surface area contributed by atoms with E-state index >= 15 is 0 Å². The van der Waals surface area contributed by atoms with Gasteiger partial charge in [0.25, 0.3) is 0 Å². The number of nitrogens with zero attached hydrogens (tertiary/aromatic N) is 2. The maximum absolute atomic E-state index is 11.2. The summed E-state index contributed by atoms with van der Waals surface area (Å²) in [6, 6.07) is 5.50. The predicted molar refractivity (Wildman–Crippen MR) is 79.3 cm³/mol. The van der Waals surface area contributed by atoms with Gasteiger partial charge in [-0.15, -0.1) is 0 Å². The first-order valence-electron chi connectivity index (χ1n) is 6.97. The van der Waals surface area contributed by atoms with E-state index in [1.165, 1.54) is 0 Å². The summed E-state index contributed by atoms with van der Waals surface area (Å²) < 4.78 is 5.26. The van der Waals surface area contributed by atoms with Gasteiger partial charge in [0.05, 0.1) is 11.0 Å². The highest BCUT2D eigenvalue weighted by Gasteiger charge is 2.14. The monoisotopic (exact) mass is 287 g/mol. The van der Waals surface area contributed by atoms with Crippen LogP contribution in [0.1, 0.15) is 38.0 Å². The standard InChI is InChI=1S/C14H17N5O2/c1-3-4-12-18-13(21-19-12)8(2)15-9-5-6-10-11(7-9)17-14(20)16-10/h5-8,15H,3-4H2,1-2H3,(H2,16,17,20)/t8-/m1/s1. The van der Waals surface area contributed by atoms with Crippen molar-refractivity contribution in [2.75, 3.05) is 5.32 Å². The Hall–Kier alpha value is -2.57. The maximum atomic E-state index is 11.2. The Bertz CT molecular complexity index is 801. The number of anilines is 1. The van der Waals surface area contributed by atoms with Crippen molar-refractivity contribution >= 4 is 16.7 Å².